The Morgan fingerprint density at radius 1 is 1.24 bits per heavy atom. The van der Waals surface area contributed by atoms with Gasteiger partial charge >= 0.3 is 0 Å². The van der Waals surface area contributed by atoms with Crippen molar-refractivity contribution in [3.8, 4) is 0 Å². The molecule has 0 heterocycles. The first kappa shape index (κ1) is 24.6. The molecule has 4 nitrogen and oxygen atoms in total. The summed E-state index contributed by atoms with van der Waals surface area (Å²) in [7, 11) is 0. The number of aliphatic hydroxyl groups excluding tert-OH is 1. The van der Waals surface area contributed by atoms with Crippen molar-refractivity contribution in [3.63, 3.8) is 0 Å². The Bertz CT molecular complexity index is 1120. The van der Waals surface area contributed by atoms with Gasteiger partial charge in [-0.2, -0.15) is 0 Å². The number of halogens is 2. The zero-order valence-corrected chi connectivity index (χ0v) is 21.7. The Morgan fingerprint density at radius 3 is 2.74 bits per heavy atom. The summed E-state index contributed by atoms with van der Waals surface area (Å²) in [5.74, 6) is 0.233. The van der Waals surface area contributed by atoms with Gasteiger partial charge in [0.05, 0.1) is 16.9 Å². The molecule has 3 fully saturated rings. The SMILES string of the molecule is CC12C=CC(=O)C=C1CCC1C2[C@@H](O)CC2(C)C1CC[C@]2(O)C(=O)CSc1ccc(Cl)cc1Cl. The standard InChI is InChI=1S/C27H30Cl2O4S/c1-25-9-7-17(30)11-15(25)3-5-18-19-8-10-27(33,26(19,2)13-21(31)24(18)25)23(32)14-34-22-6-4-16(28)12-20(22)29/h4,6-7,9,11-12,18-19,21,24,31,33H,3,5,8,10,13-14H2,1-2H3/t18?,19?,21-,24?,25?,26?,27-/m0/s1. The number of rotatable bonds is 4. The van der Waals surface area contributed by atoms with E-state index in [0.29, 0.717) is 22.9 Å². The van der Waals surface area contributed by atoms with Crippen LogP contribution in [0.1, 0.15) is 46.0 Å². The number of carbonyl (C=O) groups excluding carboxylic acids is 2. The van der Waals surface area contributed by atoms with E-state index < -0.39 is 17.1 Å². The van der Waals surface area contributed by atoms with Gasteiger partial charge in [0.15, 0.2) is 11.6 Å². The largest absolute Gasteiger partial charge is 0.393 e. The highest BCUT2D eigenvalue weighted by atomic mass is 35.5. The monoisotopic (exact) mass is 520 g/mol. The number of carbonyl (C=O) groups is 2. The fourth-order valence-electron chi connectivity index (χ4n) is 7.64. The maximum absolute atomic E-state index is 13.5. The summed E-state index contributed by atoms with van der Waals surface area (Å²) in [5, 5.41) is 24.3. The van der Waals surface area contributed by atoms with E-state index in [1.54, 1.807) is 30.4 Å². The van der Waals surface area contributed by atoms with Gasteiger partial charge in [0.2, 0.25) is 0 Å². The van der Waals surface area contributed by atoms with E-state index in [9.17, 15) is 19.8 Å². The van der Waals surface area contributed by atoms with E-state index in [-0.39, 0.29) is 40.5 Å². The number of aliphatic hydroxyl groups is 2. The van der Waals surface area contributed by atoms with Crippen LogP contribution in [0, 0.1) is 28.6 Å². The van der Waals surface area contributed by atoms with Gasteiger partial charge in [-0.15, -0.1) is 11.8 Å². The molecule has 5 rings (SSSR count). The van der Waals surface area contributed by atoms with Crippen LogP contribution in [0.3, 0.4) is 0 Å². The number of allylic oxidation sites excluding steroid dienone is 4. The van der Waals surface area contributed by atoms with E-state index in [1.165, 1.54) is 11.8 Å². The third kappa shape index (κ3) is 3.57. The highest BCUT2D eigenvalue weighted by Crippen LogP contribution is 2.67. The molecule has 1 aromatic rings. The van der Waals surface area contributed by atoms with E-state index in [1.807, 2.05) is 13.0 Å². The molecule has 5 unspecified atom stereocenters. The van der Waals surface area contributed by atoms with Crippen LogP contribution >= 0.6 is 35.0 Å². The fourth-order valence-corrected chi connectivity index (χ4v) is 9.10. The second-order valence-electron chi connectivity index (χ2n) is 10.9. The lowest BCUT2D eigenvalue weighted by Crippen LogP contribution is -2.61. The average molecular weight is 522 g/mol. The van der Waals surface area contributed by atoms with Gasteiger partial charge in [0, 0.05) is 26.7 Å². The number of benzene rings is 1. The number of hydrogen-bond acceptors (Lipinski definition) is 5. The predicted octanol–water partition coefficient (Wildman–Crippen LogP) is 5.66. The van der Waals surface area contributed by atoms with Gasteiger partial charge < -0.3 is 10.2 Å². The van der Waals surface area contributed by atoms with Crippen LogP contribution < -0.4 is 0 Å². The molecule has 7 atom stereocenters. The smallest absolute Gasteiger partial charge is 0.178 e. The van der Waals surface area contributed by atoms with Crippen LogP contribution in [0.5, 0.6) is 0 Å². The van der Waals surface area contributed by atoms with Crippen molar-refractivity contribution in [2.75, 3.05) is 5.75 Å². The number of ketones is 2. The first-order valence-electron chi connectivity index (χ1n) is 12.0. The number of thioether (sulfide) groups is 1. The van der Waals surface area contributed by atoms with Crippen molar-refractivity contribution in [1.29, 1.82) is 0 Å². The molecule has 34 heavy (non-hydrogen) atoms. The summed E-state index contributed by atoms with van der Waals surface area (Å²) in [6.07, 6.45) is 7.90. The quantitative estimate of drug-likeness (QED) is 0.500. The van der Waals surface area contributed by atoms with Gasteiger partial charge in [0.25, 0.3) is 0 Å². The maximum Gasteiger partial charge on any atom is 0.178 e. The lowest BCUT2D eigenvalue weighted by molar-refractivity contribution is -0.174. The molecule has 0 saturated heterocycles. The molecule has 4 aliphatic carbocycles. The van der Waals surface area contributed by atoms with Crippen LogP contribution in [0.2, 0.25) is 10.0 Å². The molecule has 0 aromatic heterocycles. The van der Waals surface area contributed by atoms with E-state index in [0.717, 1.165) is 29.7 Å². The van der Waals surface area contributed by atoms with Crippen molar-refractivity contribution < 1.29 is 19.8 Å². The zero-order valence-electron chi connectivity index (χ0n) is 19.4. The number of Topliss-reactive ketones (excluding diaryl/α,β-unsaturated/α-hetero) is 1. The molecular weight excluding hydrogens is 491 g/mol. The molecule has 0 radical (unpaired) electrons. The van der Waals surface area contributed by atoms with Gasteiger partial charge in [-0.25, -0.2) is 0 Å². The van der Waals surface area contributed by atoms with Crippen LogP contribution in [0.15, 0.2) is 46.9 Å². The highest BCUT2D eigenvalue weighted by molar-refractivity contribution is 8.00. The Hall–Kier alpha value is -1.11. The Balaban J connectivity index is 1.40. The van der Waals surface area contributed by atoms with Crippen molar-refractivity contribution >= 4 is 46.5 Å². The summed E-state index contributed by atoms with van der Waals surface area (Å²) in [4.78, 5) is 26.2. The highest BCUT2D eigenvalue weighted by Gasteiger charge is 2.67. The van der Waals surface area contributed by atoms with E-state index in [2.05, 4.69) is 6.92 Å². The second-order valence-corrected chi connectivity index (χ2v) is 12.8. The Morgan fingerprint density at radius 2 is 2.00 bits per heavy atom. The number of fused-ring (bicyclic) bond motifs is 5. The molecule has 4 aliphatic rings. The fraction of sp³-hybridized carbons (Fsp3) is 0.556. The number of hydrogen-bond donors (Lipinski definition) is 2. The van der Waals surface area contributed by atoms with Crippen molar-refractivity contribution in [2.24, 2.45) is 28.6 Å². The van der Waals surface area contributed by atoms with Crippen LogP contribution in [0.25, 0.3) is 0 Å². The summed E-state index contributed by atoms with van der Waals surface area (Å²) in [6.45, 7) is 4.12. The maximum atomic E-state index is 13.5. The van der Waals surface area contributed by atoms with Gasteiger partial charge in [-0.3, -0.25) is 9.59 Å². The zero-order chi connectivity index (χ0) is 24.5. The van der Waals surface area contributed by atoms with Crippen LogP contribution in [-0.4, -0.2) is 39.2 Å². The summed E-state index contributed by atoms with van der Waals surface area (Å²) in [6, 6.07) is 5.17. The summed E-state index contributed by atoms with van der Waals surface area (Å²) < 4.78 is 0. The first-order valence-corrected chi connectivity index (χ1v) is 13.7. The molecule has 0 bridgehead atoms. The normalized spacial score (nSPS) is 40.9. The average Bonchev–Trinajstić information content (AvgIpc) is 3.04. The molecule has 182 valence electrons. The third-order valence-corrected chi connectivity index (χ3v) is 11.1. The predicted molar refractivity (Wildman–Crippen MR) is 135 cm³/mol. The molecule has 0 aliphatic heterocycles. The Kier molecular flexibility index (Phi) is 6.13. The lowest BCUT2D eigenvalue weighted by atomic mass is 9.46. The lowest BCUT2D eigenvalue weighted by Gasteiger charge is -2.59. The topological polar surface area (TPSA) is 74.6 Å². The molecule has 7 heteroatoms. The Labute approximate surface area is 214 Å². The molecule has 1 aromatic carbocycles. The van der Waals surface area contributed by atoms with Gasteiger partial charge in [0.1, 0.15) is 5.60 Å². The summed E-state index contributed by atoms with van der Waals surface area (Å²) >= 11 is 13.6. The minimum Gasteiger partial charge on any atom is -0.393 e. The molecule has 3 saturated carbocycles. The van der Waals surface area contributed by atoms with Crippen molar-refractivity contribution in [1.82, 2.24) is 0 Å². The van der Waals surface area contributed by atoms with Crippen LogP contribution in [0.4, 0.5) is 0 Å². The molecule has 0 spiro atoms. The minimum atomic E-state index is -1.48. The molecule has 2 N–H and O–H groups in total. The van der Waals surface area contributed by atoms with Crippen LogP contribution in [-0.2, 0) is 9.59 Å². The summed E-state index contributed by atoms with van der Waals surface area (Å²) in [5.41, 5.74) is -1.43. The molecule has 0 amide bonds. The third-order valence-electron chi connectivity index (χ3n) is 9.36. The van der Waals surface area contributed by atoms with Gasteiger partial charge in [-0.1, -0.05) is 48.7 Å². The van der Waals surface area contributed by atoms with E-state index in [4.69, 9.17) is 23.2 Å². The second kappa shape index (κ2) is 8.48. The molecular formula is C27H30Cl2O4S. The van der Waals surface area contributed by atoms with E-state index >= 15 is 0 Å². The van der Waals surface area contributed by atoms with Gasteiger partial charge in [-0.05, 0) is 74.3 Å². The minimum absolute atomic E-state index is 0.0141. The van der Waals surface area contributed by atoms with Crippen molar-refractivity contribution in [3.05, 3.63) is 52.0 Å². The first-order chi connectivity index (χ1) is 16.0. The van der Waals surface area contributed by atoms with Crippen molar-refractivity contribution in [2.45, 2.75) is 62.6 Å².